The van der Waals surface area contributed by atoms with Crippen molar-refractivity contribution in [3.63, 3.8) is 0 Å². The first kappa shape index (κ1) is 14.2. The van der Waals surface area contributed by atoms with Crippen molar-refractivity contribution in [2.75, 3.05) is 0 Å². The number of hydrogen-bond donors (Lipinski definition) is 0. The number of rotatable bonds is 3. The molecule has 0 fully saturated rings. The Morgan fingerprint density at radius 3 is 2.74 bits per heavy atom. The van der Waals surface area contributed by atoms with Gasteiger partial charge in [-0.15, -0.1) is 0 Å². The summed E-state index contributed by atoms with van der Waals surface area (Å²) in [5.41, 5.74) is 0.662. The molecule has 100 valence electrons. The van der Waals surface area contributed by atoms with E-state index in [1.807, 2.05) is 13.8 Å². The number of ketones is 1. The minimum absolute atomic E-state index is 0.00525. The van der Waals surface area contributed by atoms with Crippen molar-refractivity contribution >= 4 is 33.3 Å². The van der Waals surface area contributed by atoms with E-state index in [0.717, 1.165) is 0 Å². The predicted molar refractivity (Wildman–Crippen MR) is 75.2 cm³/mol. The second-order valence-corrected chi connectivity index (χ2v) is 5.59. The van der Waals surface area contributed by atoms with Crippen molar-refractivity contribution in [2.45, 2.75) is 19.9 Å². The molecule has 3 nitrogen and oxygen atoms in total. The molecule has 6 heteroatoms. The standard InChI is InChI=1S/C13H11BrClFN2O/c1-7(2)18-12(11(15)6-17-18)13(19)9-4-3-8(16)5-10(9)14/h3-7H,1-2H3. The molecule has 0 spiro atoms. The van der Waals surface area contributed by atoms with E-state index in [4.69, 9.17) is 11.6 Å². The highest BCUT2D eigenvalue weighted by molar-refractivity contribution is 9.10. The highest BCUT2D eigenvalue weighted by atomic mass is 79.9. The summed E-state index contributed by atoms with van der Waals surface area (Å²) in [4.78, 5) is 12.5. The molecule has 0 N–H and O–H groups in total. The van der Waals surface area contributed by atoms with E-state index in [1.165, 1.54) is 24.4 Å². The van der Waals surface area contributed by atoms with Gasteiger partial charge in [-0.2, -0.15) is 5.10 Å². The summed E-state index contributed by atoms with van der Waals surface area (Å²) in [6.45, 7) is 3.81. The summed E-state index contributed by atoms with van der Waals surface area (Å²) in [5, 5.41) is 4.37. The first-order chi connectivity index (χ1) is 8.91. The van der Waals surface area contributed by atoms with E-state index >= 15 is 0 Å². The van der Waals surface area contributed by atoms with Crippen LogP contribution in [0.25, 0.3) is 0 Å². The van der Waals surface area contributed by atoms with Crippen molar-refractivity contribution in [3.8, 4) is 0 Å². The molecule has 1 heterocycles. The SMILES string of the molecule is CC(C)n1ncc(Cl)c1C(=O)c1ccc(F)cc1Br. The largest absolute Gasteiger partial charge is 0.287 e. The van der Waals surface area contributed by atoms with Gasteiger partial charge < -0.3 is 0 Å². The normalized spacial score (nSPS) is 11.1. The van der Waals surface area contributed by atoms with Gasteiger partial charge in [0.05, 0.1) is 11.2 Å². The quantitative estimate of drug-likeness (QED) is 0.780. The Kier molecular flexibility index (Phi) is 4.06. The third-order valence-electron chi connectivity index (χ3n) is 2.63. The molecule has 0 aliphatic rings. The highest BCUT2D eigenvalue weighted by Crippen LogP contribution is 2.26. The fourth-order valence-corrected chi connectivity index (χ4v) is 2.49. The van der Waals surface area contributed by atoms with Crippen LogP contribution in [-0.2, 0) is 0 Å². The van der Waals surface area contributed by atoms with E-state index in [2.05, 4.69) is 21.0 Å². The zero-order valence-electron chi connectivity index (χ0n) is 10.3. The monoisotopic (exact) mass is 344 g/mol. The van der Waals surface area contributed by atoms with E-state index in [-0.39, 0.29) is 16.8 Å². The van der Waals surface area contributed by atoms with Crippen LogP contribution in [0.4, 0.5) is 4.39 Å². The van der Waals surface area contributed by atoms with Gasteiger partial charge >= 0.3 is 0 Å². The van der Waals surface area contributed by atoms with Gasteiger partial charge in [0.15, 0.2) is 0 Å². The molecule has 0 bridgehead atoms. The Morgan fingerprint density at radius 2 is 2.16 bits per heavy atom. The summed E-state index contributed by atoms with van der Waals surface area (Å²) >= 11 is 9.21. The second kappa shape index (κ2) is 5.43. The Morgan fingerprint density at radius 1 is 1.47 bits per heavy atom. The number of carbonyl (C=O) groups is 1. The Labute approximate surface area is 123 Å². The molecule has 1 aromatic heterocycles. The average molecular weight is 346 g/mol. The van der Waals surface area contributed by atoms with Crippen molar-refractivity contribution in [3.05, 3.63) is 51.0 Å². The molecule has 0 amide bonds. The smallest absolute Gasteiger partial charge is 0.213 e. The predicted octanol–water partition coefficient (Wildman–Crippen LogP) is 4.25. The molecule has 2 aromatic rings. The van der Waals surface area contributed by atoms with Gasteiger partial charge in [-0.25, -0.2) is 4.39 Å². The lowest BCUT2D eigenvalue weighted by Gasteiger charge is -2.11. The molecule has 0 radical (unpaired) electrons. The molecule has 19 heavy (non-hydrogen) atoms. The Hall–Kier alpha value is -1.20. The van der Waals surface area contributed by atoms with Gasteiger partial charge in [0.1, 0.15) is 11.5 Å². The van der Waals surface area contributed by atoms with Crippen molar-refractivity contribution < 1.29 is 9.18 Å². The molecule has 0 saturated carbocycles. The highest BCUT2D eigenvalue weighted by Gasteiger charge is 2.22. The number of carbonyl (C=O) groups excluding carboxylic acids is 1. The minimum atomic E-state index is -0.410. The fraction of sp³-hybridized carbons (Fsp3) is 0.231. The maximum Gasteiger partial charge on any atom is 0.213 e. The zero-order valence-corrected chi connectivity index (χ0v) is 12.7. The van der Waals surface area contributed by atoms with Crippen LogP contribution in [0.1, 0.15) is 35.9 Å². The van der Waals surface area contributed by atoms with Gasteiger partial charge in [-0.1, -0.05) is 11.6 Å². The molecule has 0 unspecified atom stereocenters. The van der Waals surface area contributed by atoms with Crippen LogP contribution in [0.5, 0.6) is 0 Å². The molecule has 0 aliphatic carbocycles. The first-order valence-electron chi connectivity index (χ1n) is 5.64. The number of benzene rings is 1. The Balaban J connectivity index is 2.53. The van der Waals surface area contributed by atoms with Crippen molar-refractivity contribution in [1.82, 2.24) is 9.78 Å². The van der Waals surface area contributed by atoms with E-state index in [9.17, 15) is 9.18 Å². The summed E-state index contributed by atoms with van der Waals surface area (Å²) in [6.07, 6.45) is 1.44. The molecular weight excluding hydrogens is 335 g/mol. The van der Waals surface area contributed by atoms with Crippen LogP contribution in [0.3, 0.4) is 0 Å². The maximum absolute atomic E-state index is 13.1. The van der Waals surface area contributed by atoms with Gasteiger partial charge in [0, 0.05) is 16.1 Å². The summed E-state index contributed by atoms with van der Waals surface area (Å²) in [6, 6.07) is 3.92. The zero-order chi connectivity index (χ0) is 14.2. The topological polar surface area (TPSA) is 34.9 Å². The molecule has 0 saturated heterocycles. The van der Waals surface area contributed by atoms with E-state index < -0.39 is 5.82 Å². The first-order valence-corrected chi connectivity index (χ1v) is 6.81. The van der Waals surface area contributed by atoms with E-state index in [0.29, 0.717) is 15.7 Å². The average Bonchev–Trinajstić information content (AvgIpc) is 2.70. The summed E-state index contributed by atoms with van der Waals surface area (Å²) in [5.74, 6) is -0.699. The third kappa shape index (κ3) is 2.72. The van der Waals surface area contributed by atoms with Crippen molar-refractivity contribution in [2.24, 2.45) is 0 Å². The summed E-state index contributed by atoms with van der Waals surface area (Å²) in [7, 11) is 0. The molecule has 0 aliphatic heterocycles. The van der Waals surface area contributed by atoms with Gasteiger partial charge in [-0.3, -0.25) is 9.48 Å². The van der Waals surface area contributed by atoms with Crippen LogP contribution < -0.4 is 0 Å². The van der Waals surface area contributed by atoms with Crippen LogP contribution >= 0.6 is 27.5 Å². The summed E-state index contributed by atoms with van der Waals surface area (Å²) < 4.78 is 15.0. The third-order valence-corrected chi connectivity index (χ3v) is 3.56. The van der Waals surface area contributed by atoms with Crippen LogP contribution in [0, 0.1) is 5.82 Å². The number of nitrogens with zero attached hydrogens (tertiary/aromatic N) is 2. The molecule has 2 rings (SSSR count). The van der Waals surface area contributed by atoms with Gasteiger partial charge in [-0.05, 0) is 48.0 Å². The van der Waals surface area contributed by atoms with Gasteiger partial charge in [0.2, 0.25) is 5.78 Å². The minimum Gasteiger partial charge on any atom is -0.287 e. The van der Waals surface area contributed by atoms with Crippen LogP contribution in [0.2, 0.25) is 5.02 Å². The Bertz CT molecular complexity index is 640. The van der Waals surface area contributed by atoms with Crippen LogP contribution in [0.15, 0.2) is 28.9 Å². The lowest BCUT2D eigenvalue weighted by molar-refractivity contribution is 0.102. The number of aromatic nitrogens is 2. The molecular formula is C13H11BrClFN2O. The lowest BCUT2D eigenvalue weighted by atomic mass is 10.1. The number of hydrogen-bond acceptors (Lipinski definition) is 2. The molecule has 1 aromatic carbocycles. The van der Waals surface area contributed by atoms with Crippen molar-refractivity contribution in [1.29, 1.82) is 0 Å². The lowest BCUT2D eigenvalue weighted by Crippen LogP contribution is -2.14. The van der Waals surface area contributed by atoms with Crippen LogP contribution in [-0.4, -0.2) is 15.6 Å². The van der Waals surface area contributed by atoms with E-state index in [1.54, 1.807) is 4.68 Å². The number of halogens is 3. The molecule has 0 atom stereocenters. The second-order valence-electron chi connectivity index (χ2n) is 4.33. The fourth-order valence-electron chi connectivity index (χ4n) is 1.75. The maximum atomic E-state index is 13.1. The van der Waals surface area contributed by atoms with Gasteiger partial charge in [0.25, 0.3) is 0 Å².